The van der Waals surface area contributed by atoms with Gasteiger partial charge in [-0.3, -0.25) is 14.5 Å². The second-order valence-corrected chi connectivity index (χ2v) is 9.15. The lowest BCUT2D eigenvalue weighted by Gasteiger charge is -2.24. The number of nitrogens with zero attached hydrogens (tertiary/aromatic N) is 2. The molecule has 6 nitrogen and oxygen atoms in total. The van der Waals surface area contributed by atoms with Gasteiger partial charge in [-0.15, -0.1) is 0 Å². The van der Waals surface area contributed by atoms with E-state index >= 15 is 0 Å². The predicted molar refractivity (Wildman–Crippen MR) is 143 cm³/mol. The molecule has 0 saturated carbocycles. The van der Waals surface area contributed by atoms with Gasteiger partial charge in [0.1, 0.15) is 11.8 Å². The second-order valence-electron chi connectivity index (χ2n) is 7.92. The molecule has 0 aromatic heterocycles. The molecule has 0 aliphatic carbocycles. The molecule has 0 radical (unpaired) electrons. The summed E-state index contributed by atoms with van der Waals surface area (Å²) in [6.07, 6.45) is -0.0726. The van der Waals surface area contributed by atoms with Gasteiger partial charge in [-0.05, 0) is 79.3 Å². The van der Waals surface area contributed by atoms with Crippen LogP contribution in [0.15, 0.2) is 72.8 Å². The molecule has 1 unspecified atom stereocenters. The number of hydrogen-bond acceptors (Lipinski definition) is 4. The van der Waals surface area contributed by atoms with Crippen molar-refractivity contribution in [2.24, 2.45) is 0 Å². The average molecular weight is 528 g/mol. The van der Waals surface area contributed by atoms with E-state index in [-0.39, 0.29) is 18.2 Å². The number of carbonyl (C=O) groups excluding carboxylic acids is 2. The molecule has 1 saturated heterocycles. The van der Waals surface area contributed by atoms with Crippen molar-refractivity contribution in [3.8, 4) is 5.75 Å². The molecule has 4 rings (SSSR count). The Morgan fingerprint density at radius 3 is 2.40 bits per heavy atom. The minimum atomic E-state index is -0.778. The first kappa shape index (κ1) is 25.0. The number of nitrogens with one attached hydrogen (secondary N) is 1. The van der Waals surface area contributed by atoms with Gasteiger partial charge in [-0.1, -0.05) is 41.4 Å². The third-order valence-electron chi connectivity index (χ3n) is 5.48. The molecule has 3 aromatic rings. The lowest BCUT2D eigenvalue weighted by atomic mass is 10.1. The van der Waals surface area contributed by atoms with E-state index in [1.807, 2.05) is 19.1 Å². The van der Waals surface area contributed by atoms with Crippen molar-refractivity contribution < 1.29 is 14.3 Å². The number of thiocarbonyl (C=S) groups is 1. The first-order valence-electron chi connectivity index (χ1n) is 11.0. The summed E-state index contributed by atoms with van der Waals surface area (Å²) in [4.78, 5) is 29.7. The van der Waals surface area contributed by atoms with E-state index in [2.05, 4.69) is 5.32 Å². The van der Waals surface area contributed by atoms with Gasteiger partial charge in [0.25, 0.3) is 5.91 Å². The Balaban J connectivity index is 1.56. The van der Waals surface area contributed by atoms with Gasteiger partial charge in [-0.25, -0.2) is 0 Å². The van der Waals surface area contributed by atoms with E-state index < -0.39 is 6.04 Å². The van der Waals surface area contributed by atoms with Gasteiger partial charge in [0, 0.05) is 22.3 Å². The lowest BCUT2D eigenvalue weighted by Crippen LogP contribution is -2.37. The molecule has 1 aliphatic rings. The van der Waals surface area contributed by atoms with E-state index in [1.54, 1.807) is 65.6 Å². The van der Waals surface area contributed by atoms with Crippen LogP contribution in [0.5, 0.6) is 5.75 Å². The third-order valence-corrected chi connectivity index (χ3v) is 6.38. The zero-order chi connectivity index (χ0) is 24.9. The molecular formula is C26H23Cl2N3O3S. The fourth-order valence-electron chi connectivity index (χ4n) is 3.84. The molecule has 35 heavy (non-hydrogen) atoms. The molecule has 2 amide bonds. The van der Waals surface area contributed by atoms with Crippen LogP contribution in [0.1, 0.15) is 18.9 Å². The Morgan fingerprint density at radius 1 is 1.03 bits per heavy atom. The third kappa shape index (κ3) is 5.93. The zero-order valence-corrected chi connectivity index (χ0v) is 21.2. The summed E-state index contributed by atoms with van der Waals surface area (Å²) in [5.74, 6) is 0.130. The Morgan fingerprint density at radius 2 is 1.74 bits per heavy atom. The van der Waals surface area contributed by atoms with Crippen molar-refractivity contribution in [3.63, 3.8) is 0 Å². The molecule has 1 heterocycles. The van der Waals surface area contributed by atoms with Crippen LogP contribution >= 0.6 is 35.4 Å². The summed E-state index contributed by atoms with van der Waals surface area (Å²) in [6.45, 7) is 2.81. The van der Waals surface area contributed by atoms with Crippen molar-refractivity contribution in [2.75, 3.05) is 16.8 Å². The number of anilines is 2. The van der Waals surface area contributed by atoms with Crippen LogP contribution in [0, 0.1) is 0 Å². The normalized spacial score (nSPS) is 15.5. The number of rotatable bonds is 8. The molecule has 3 aromatic carbocycles. The Bertz CT molecular complexity index is 1240. The number of ether oxygens (including phenoxy) is 1. The van der Waals surface area contributed by atoms with E-state index in [9.17, 15) is 9.59 Å². The van der Waals surface area contributed by atoms with Gasteiger partial charge in [-0.2, -0.15) is 0 Å². The molecule has 9 heteroatoms. The quantitative estimate of drug-likeness (QED) is 0.368. The lowest BCUT2D eigenvalue weighted by molar-refractivity contribution is -0.124. The van der Waals surface area contributed by atoms with Crippen molar-refractivity contribution in [1.29, 1.82) is 0 Å². The van der Waals surface area contributed by atoms with E-state index in [4.69, 9.17) is 40.2 Å². The first-order chi connectivity index (χ1) is 16.9. The summed E-state index contributed by atoms with van der Waals surface area (Å²) < 4.78 is 5.44. The number of amides is 2. The highest BCUT2D eigenvalue weighted by molar-refractivity contribution is 7.80. The highest BCUT2D eigenvalue weighted by atomic mass is 35.5. The SMILES string of the molecule is CCOc1ccc(NC(=O)CC2C(=O)N(c3cccc(Cl)c3)C(=S)N2Cc2ccc(Cl)cc2)cc1. The van der Waals surface area contributed by atoms with Crippen LogP contribution in [0.3, 0.4) is 0 Å². The standard InChI is InChI=1S/C26H23Cl2N3O3S/c1-2-34-22-12-10-20(11-13-22)29-24(32)15-23-25(33)31(21-5-3-4-19(28)14-21)26(35)30(23)16-17-6-8-18(27)9-7-17/h3-14,23H,2,15-16H2,1H3,(H,29,32). The maximum atomic E-state index is 13.5. The molecule has 0 bridgehead atoms. The van der Waals surface area contributed by atoms with E-state index in [0.717, 1.165) is 5.56 Å². The number of carbonyl (C=O) groups is 2. The fraction of sp³-hybridized carbons (Fsp3) is 0.192. The monoisotopic (exact) mass is 527 g/mol. The highest BCUT2D eigenvalue weighted by Crippen LogP contribution is 2.30. The minimum Gasteiger partial charge on any atom is -0.494 e. The molecule has 1 N–H and O–H groups in total. The summed E-state index contributed by atoms with van der Waals surface area (Å²) in [6, 6.07) is 20.5. The van der Waals surface area contributed by atoms with Crippen molar-refractivity contribution in [2.45, 2.75) is 25.9 Å². The maximum Gasteiger partial charge on any atom is 0.256 e. The Kier molecular flexibility index (Phi) is 7.90. The summed E-state index contributed by atoms with van der Waals surface area (Å²) in [5.41, 5.74) is 2.08. The molecule has 1 atom stereocenters. The van der Waals surface area contributed by atoms with Gasteiger partial charge < -0.3 is 15.0 Å². The largest absolute Gasteiger partial charge is 0.494 e. The topological polar surface area (TPSA) is 61.9 Å². The Hall–Kier alpha value is -3.13. The second kappa shape index (κ2) is 11.1. The van der Waals surface area contributed by atoms with Crippen LogP contribution in [0.25, 0.3) is 0 Å². The van der Waals surface area contributed by atoms with Crippen LogP contribution < -0.4 is 15.0 Å². The summed E-state index contributed by atoms with van der Waals surface area (Å²) in [7, 11) is 0. The summed E-state index contributed by atoms with van der Waals surface area (Å²) >= 11 is 17.9. The van der Waals surface area contributed by atoms with Gasteiger partial charge in [0.15, 0.2) is 5.11 Å². The highest BCUT2D eigenvalue weighted by Gasteiger charge is 2.44. The smallest absolute Gasteiger partial charge is 0.256 e. The number of halogens is 2. The molecule has 1 fully saturated rings. The van der Waals surface area contributed by atoms with Crippen molar-refractivity contribution in [1.82, 2.24) is 4.90 Å². The van der Waals surface area contributed by atoms with Gasteiger partial charge >= 0.3 is 0 Å². The first-order valence-corrected chi connectivity index (χ1v) is 12.2. The van der Waals surface area contributed by atoms with Crippen LogP contribution in [-0.2, 0) is 16.1 Å². The van der Waals surface area contributed by atoms with E-state index in [1.165, 1.54) is 4.90 Å². The predicted octanol–water partition coefficient (Wildman–Crippen LogP) is 5.92. The summed E-state index contributed by atoms with van der Waals surface area (Å²) in [5, 5.41) is 4.26. The maximum absolute atomic E-state index is 13.5. The fourth-order valence-corrected chi connectivity index (χ4v) is 4.54. The number of hydrogen-bond donors (Lipinski definition) is 1. The average Bonchev–Trinajstić information content (AvgIpc) is 3.05. The van der Waals surface area contributed by atoms with Crippen molar-refractivity contribution in [3.05, 3.63) is 88.4 Å². The van der Waals surface area contributed by atoms with Crippen molar-refractivity contribution >= 4 is 63.7 Å². The van der Waals surface area contributed by atoms with Crippen LogP contribution in [-0.4, -0.2) is 34.5 Å². The number of benzene rings is 3. The molecule has 0 spiro atoms. The molecule has 180 valence electrons. The minimum absolute atomic E-state index is 0.0726. The Labute approximate surface area is 219 Å². The molecular weight excluding hydrogens is 505 g/mol. The van der Waals surface area contributed by atoms with E-state index in [0.29, 0.717) is 45.4 Å². The molecule has 1 aliphatic heterocycles. The van der Waals surface area contributed by atoms with Gasteiger partial charge in [0.2, 0.25) is 5.91 Å². The van der Waals surface area contributed by atoms with Crippen LogP contribution in [0.2, 0.25) is 10.0 Å². The van der Waals surface area contributed by atoms with Gasteiger partial charge in [0.05, 0.1) is 18.7 Å². The van der Waals surface area contributed by atoms with Crippen LogP contribution in [0.4, 0.5) is 11.4 Å². The zero-order valence-electron chi connectivity index (χ0n) is 18.9.